The summed E-state index contributed by atoms with van der Waals surface area (Å²) in [6.45, 7) is 0.908. The molecule has 0 spiro atoms. The first-order valence-electron chi connectivity index (χ1n) is 10.9. The van der Waals surface area contributed by atoms with Gasteiger partial charge in [0.15, 0.2) is 11.5 Å². The van der Waals surface area contributed by atoms with E-state index < -0.39 is 0 Å². The van der Waals surface area contributed by atoms with Crippen LogP contribution in [0.3, 0.4) is 0 Å². The fourth-order valence-electron chi connectivity index (χ4n) is 4.19. The van der Waals surface area contributed by atoms with Gasteiger partial charge in [0.2, 0.25) is 6.79 Å². The van der Waals surface area contributed by atoms with E-state index in [1.165, 1.54) is 4.40 Å². The van der Waals surface area contributed by atoms with E-state index in [1.807, 2.05) is 54.6 Å². The van der Waals surface area contributed by atoms with E-state index >= 15 is 0 Å². The lowest BCUT2D eigenvalue weighted by molar-refractivity contribution is 0.0942. The van der Waals surface area contributed by atoms with Crippen LogP contribution in [0.5, 0.6) is 11.5 Å². The van der Waals surface area contributed by atoms with Gasteiger partial charge < -0.3 is 19.4 Å². The van der Waals surface area contributed by atoms with E-state index in [9.17, 15) is 9.59 Å². The molecule has 0 unspecified atom stereocenters. The largest absolute Gasteiger partial charge is 0.454 e. The quantitative estimate of drug-likeness (QED) is 0.442. The Kier molecular flexibility index (Phi) is 4.76. The molecule has 8 heteroatoms. The van der Waals surface area contributed by atoms with E-state index in [0.29, 0.717) is 47.0 Å². The van der Waals surface area contributed by atoms with Crippen LogP contribution in [0.2, 0.25) is 0 Å². The molecule has 0 aliphatic carbocycles. The Labute approximate surface area is 194 Å². The van der Waals surface area contributed by atoms with Crippen molar-refractivity contribution >= 4 is 22.6 Å². The summed E-state index contributed by atoms with van der Waals surface area (Å²) in [6.07, 6.45) is 1.68. The number of carbonyl (C=O) groups excluding carboxylic acids is 1. The summed E-state index contributed by atoms with van der Waals surface area (Å²) < 4.78 is 14.1. The summed E-state index contributed by atoms with van der Waals surface area (Å²) >= 11 is 0. The van der Waals surface area contributed by atoms with Crippen molar-refractivity contribution in [1.82, 2.24) is 19.3 Å². The van der Waals surface area contributed by atoms with Crippen LogP contribution >= 0.6 is 0 Å². The number of nitrogens with one attached hydrogen (secondary N) is 1. The zero-order chi connectivity index (χ0) is 23.1. The topological polar surface area (TPSA) is 86.9 Å². The first-order valence-corrected chi connectivity index (χ1v) is 10.9. The third kappa shape index (κ3) is 3.45. The monoisotopic (exact) mass is 452 g/mol. The van der Waals surface area contributed by atoms with Crippen LogP contribution in [0.15, 0.2) is 83.8 Å². The van der Waals surface area contributed by atoms with Gasteiger partial charge in [0, 0.05) is 19.3 Å². The highest BCUT2D eigenvalue weighted by atomic mass is 16.7. The van der Waals surface area contributed by atoms with Crippen LogP contribution in [0, 0.1) is 0 Å². The Bertz CT molecular complexity index is 1600. The molecule has 1 aliphatic heterocycles. The number of amides is 1. The molecule has 5 aromatic rings. The Morgan fingerprint density at radius 2 is 1.76 bits per heavy atom. The number of pyridine rings is 1. The van der Waals surface area contributed by atoms with Crippen molar-refractivity contribution in [2.75, 3.05) is 6.79 Å². The molecule has 0 radical (unpaired) electrons. The highest BCUT2D eigenvalue weighted by Crippen LogP contribution is 2.32. The van der Waals surface area contributed by atoms with Crippen molar-refractivity contribution < 1.29 is 14.3 Å². The van der Waals surface area contributed by atoms with Gasteiger partial charge in [-0.3, -0.25) is 14.0 Å². The number of nitrogens with zero attached hydrogens (tertiary/aromatic N) is 3. The van der Waals surface area contributed by atoms with Gasteiger partial charge in [-0.25, -0.2) is 4.98 Å². The zero-order valence-electron chi connectivity index (χ0n) is 18.1. The van der Waals surface area contributed by atoms with Gasteiger partial charge in [0.05, 0.1) is 5.39 Å². The molecule has 0 saturated carbocycles. The first kappa shape index (κ1) is 20.0. The lowest BCUT2D eigenvalue weighted by Gasteiger charge is -2.11. The maximum absolute atomic E-state index is 13.3. The van der Waals surface area contributed by atoms with Gasteiger partial charge in [-0.1, -0.05) is 42.5 Å². The number of hydrogen-bond acceptors (Lipinski definition) is 5. The number of benzene rings is 2. The van der Waals surface area contributed by atoms with Gasteiger partial charge in [-0.05, 0) is 41.5 Å². The standard InChI is InChI=1S/C26H20N4O4/c31-25(27-14-18-9-10-21-22(12-18)34-16-33-21)20-13-19-24(30(20)15-17-6-2-1-3-7-17)28-23-8-4-5-11-29(23)26(19)32/h1-13H,14-16H2,(H,27,31). The molecular weight excluding hydrogens is 432 g/mol. The van der Waals surface area contributed by atoms with Crippen LogP contribution < -0.4 is 20.3 Å². The highest BCUT2D eigenvalue weighted by Gasteiger charge is 2.20. The molecule has 0 fully saturated rings. The zero-order valence-corrected chi connectivity index (χ0v) is 18.1. The van der Waals surface area contributed by atoms with Gasteiger partial charge in [-0.15, -0.1) is 0 Å². The predicted molar refractivity (Wildman–Crippen MR) is 126 cm³/mol. The molecule has 3 aromatic heterocycles. The Morgan fingerprint density at radius 1 is 0.941 bits per heavy atom. The molecule has 8 nitrogen and oxygen atoms in total. The lowest BCUT2D eigenvalue weighted by Crippen LogP contribution is -2.25. The second-order valence-electron chi connectivity index (χ2n) is 8.05. The molecule has 0 bridgehead atoms. The lowest BCUT2D eigenvalue weighted by atomic mass is 10.2. The van der Waals surface area contributed by atoms with E-state index in [-0.39, 0.29) is 18.3 Å². The minimum Gasteiger partial charge on any atom is -0.454 e. The van der Waals surface area contributed by atoms with Crippen molar-refractivity contribution in [3.8, 4) is 11.5 Å². The van der Waals surface area contributed by atoms with Gasteiger partial charge in [0.1, 0.15) is 17.0 Å². The van der Waals surface area contributed by atoms with Crippen LogP contribution in [-0.2, 0) is 13.1 Å². The molecule has 4 heterocycles. The molecule has 34 heavy (non-hydrogen) atoms. The van der Waals surface area contributed by atoms with Crippen molar-refractivity contribution in [1.29, 1.82) is 0 Å². The predicted octanol–water partition coefficient (Wildman–Crippen LogP) is 3.36. The summed E-state index contributed by atoms with van der Waals surface area (Å²) in [7, 11) is 0. The summed E-state index contributed by atoms with van der Waals surface area (Å²) in [5.41, 5.74) is 3.05. The highest BCUT2D eigenvalue weighted by molar-refractivity contribution is 5.98. The van der Waals surface area contributed by atoms with E-state index in [1.54, 1.807) is 29.0 Å². The maximum Gasteiger partial charge on any atom is 0.268 e. The van der Waals surface area contributed by atoms with Crippen LogP contribution in [-0.4, -0.2) is 26.7 Å². The van der Waals surface area contributed by atoms with Crippen molar-refractivity contribution in [2.45, 2.75) is 13.1 Å². The Balaban J connectivity index is 1.40. The number of rotatable bonds is 5. The normalized spacial score (nSPS) is 12.4. The fourth-order valence-corrected chi connectivity index (χ4v) is 4.19. The van der Waals surface area contributed by atoms with Crippen LogP contribution in [0.25, 0.3) is 16.7 Å². The average Bonchev–Trinajstić information content (AvgIpc) is 3.48. The smallest absolute Gasteiger partial charge is 0.268 e. The minimum atomic E-state index is -0.292. The number of fused-ring (bicyclic) bond motifs is 3. The molecule has 2 aromatic carbocycles. The number of aromatic nitrogens is 3. The summed E-state index contributed by atoms with van der Waals surface area (Å²) in [6, 6.07) is 22.4. The van der Waals surface area contributed by atoms with Crippen LogP contribution in [0.1, 0.15) is 21.6 Å². The Hall–Kier alpha value is -4.59. The van der Waals surface area contributed by atoms with E-state index in [2.05, 4.69) is 5.32 Å². The van der Waals surface area contributed by atoms with Crippen LogP contribution in [0.4, 0.5) is 0 Å². The maximum atomic E-state index is 13.3. The molecule has 168 valence electrons. The number of carbonyl (C=O) groups is 1. The molecular formula is C26H20N4O4. The van der Waals surface area contributed by atoms with Crippen molar-refractivity contribution in [3.05, 3.63) is 106 Å². The molecule has 1 N–H and O–H groups in total. The number of hydrogen-bond donors (Lipinski definition) is 1. The second-order valence-corrected chi connectivity index (χ2v) is 8.05. The summed E-state index contributed by atoms with van der Waals surface area (Å²) in [5.74, 6) is 1.06. The Morgan fingerprint density at radius 3 is 2.65 bits per heavy atom. The molecule has 0 saturated heterocycles. The van der Waals surface area contributed by atoms with Crippen molar-refractivity contribution in [3.63, 3.8) is 0 Å². The minimum absolute atomic E-state index is 0.196. The van der Waals surface area contributed by atoms with E-state index in [4.69, 9.17) is 14.5 Å². The van der Waals surface area contributed by atoms with Gasteiger partial charge in [-0.2, -0.15) is 0 Å². The second kappa shape index (κ2) is 8.08. The average molecular weight is 452 g/mol. The molecule has 1 aliphatic rings. The third-order valence-corrected chi connectivity index (χ3v) is 5.88. The fraction of sp³-hybridized carbons (Fsp3) is 0.115. The van der Waals surface area contributed by atoms with Gasteiger partial charge in [0.25, 0.3) is 11.5 Å². The first-order chi connectivity index (χ1) is 16.7. The SMILES string of the molecule is O=C(NCc1ccc2c(c1)OCO2)c1cc2c(=O)n3ccccc3nc2n1Cc1ccccc1. The number of ether oxygens (including phenoxy) is 2. The van der Waals surface area contributed by atoms with Crippen molar-refractivity contribution in [2.24, 2.45) is 0 Å². The third-order valence-electron chi connectivity index (χ3n) is 5.88. The molecule has 6 rings (SSSR count). The molecule has 0 atom stereocenters. The summed E-state index contributed by atoms with van der Waals surface area (Å²) in [4.78, 5) is 31.2. The molecule has 1 amide bonds. The van der Waals surface area contributed by atoms with Gasteiger partial charge >= 0.3 is 0 Å². The van der Waals surface area contributed by atoms with E-state index in [0.717, 1.165) is 11.1 Å². The summed E-state index contributed by atoms with van der Waals surface area (Å²) in [5, 5.41) is 3.36.